The number of halogens is 1. The van der Waals surface area contributed by atoms with Gasteiger partial charge >= 0.3 is 0 Å². The summed E-state index contributed by atoms with van der Waals surface area (Å²) in [6.07, 6.45) is 4.50. The molecule has 0 atom stereocenters. The van der Waals surface area contributed by atoms with Crippen molar-refractivity contribution in [2.75, 3.05) is 11.4 Å². The van der Waals surface area contributed by atoms with Gasteiger partial charge in [-0.25, -0.2) is 4.39 Å². The topological polar surface area (TPSA) is 46.4 Å². The molecule has 5 heteroatoms. The fourth-order valence-corrected chi connectivity index (χ4v) is 2.68. The Bertz CT molecular complexity index is 445. The Balaban J connectivity index is 2.27. The minimum Gasteiger partial charge on any atom is -0.366 e. The molecule has 1 aromatic rings. The van der Waals surface area contributed by atoms with Crippen molar-refractivity contribution >= 4 is 11.4 Å². The third kappa shape index (κ3) is 2.44. The molecule has 0 radical (unpaired) electrons. The van der Waals surface area contributed by atoms with E-state index < -0.39 is 10.7 Å². The van der Waals surface area contributed by atoms with Crippen LogP contribution >= 0.6 is 0 Å². The van der Waals surface area contributed by atoms with Crippen LogP contribution in [-0.4, -0.2) is 17.5 Å². The highest BCUT2D eigenvalue weighted by molar-refractivity contribution is 5.53. The first-order valence-electron chi connectivity index (χ1n) is 6.34. The number of hydrogen-bond donors (Lipinski definition) is 0. The van der Waals surface area contributed by atoms with Crippen molar-refractivity contribution in [2.45, 2.75) is 38.6 Å². The molecule has 0 spiro atoms. The second kappa shape index (κ2) is 5.33. The molecule has 1 fully saturated rings. The first-order chi connectivity index (χ1) is 8.63. The molecule has 98 valence electrons. The summed E-state index contributed by atoms with van der Waals surface area (Å²) in [7, 11) is 0. The van der Waals surface area contributed by atoms with Gasteiger partial charge in [0.25, 0.3) is 5.69 Å². The van der Waals surface area contributed by atoms with E-state index in [0.717, 1.165) is 25.5 Å². The van der Waals surface area contributed by atoms with E-state index in [-0.39, 0.29) is 5.69 Å². The van der Waals surface area contributed by atoms with E-state index in [2.05, 4.69) is 0 Å². The summed E-state index contributed by atoms with van der Waals surface area (Å²) in [4.78, 5) is 12.0. The number of non-ortho nitro benzene ring substituents is 1. The third-order valence-corrected chi connectivity index (χ3v) is 3.56. The first kappa shape index (κ1) is 12.8. The van der Waals surface area contributed by atoms with Gasteiger partial charge in [-0.2, -0.15) is 0 Å². The summed E-state index contributed by atoms with van der Waals surface area (Å²) in [5.41, 5.74) is 0.286. The van der Waals surface area contributed by atoms with Crippen LogP contribution in [0.5, 0.6) is 0 Å². The summed E-state index contributed by atoms with van der Waals surface area (Å²) < 4.78 is 14.0. The lowest BCUT2D eigenvalue weighted by Crippen LogP contribution is -2.33. The molecule has 18 heavy (non-hydrogen) atoms. The molecule has 0 amide bonds. The van der Waals surface area contributed by atoms with Gasteiger partial charge in [0.15, 0.2) is 5.82 Å². The van der Waals surface area contributed by atoms with Crippen LogP contribution in [0.3, 0.4) is 0 Å². The number of anilines is 1. The van der Waals surface area contributed by atoms with Gasteiger partial charge in [0.1, 0.15) is 0 Å². The number of nitrogens with zero attached hydrogens (tertiary/aromatic N) is 2. The molecule has 1 aromatic carbocycles. The third-order valence-electron chi connectivity index (χ3n) is 3.56. The quantitative estimate of drug-likeness (QED) is 0.608. The average Bonchev–Trinajstić information content (AvgIpc) is 2.85. The SMILES string of the molecule is CCN(c1ccc([N+](=O)[O-])cc1F)C1CCCC1. The standard InChI is InChI=1S/C13H17FN2O2/c1-2-15(10-5-3-4-6-10)13-8-7-11(16(17)18)9-12(13)14/h7-10H,2-6H2,1H3. The van der Waals surface area contributed by atoms with Gasteiger partial charge in [-0.3, -0.25) is 10.1 Å². The van der Waals surface area contributed by atoms with Crippen molar-refractivity contribution in [1.82, 2.24) is 0 Å². The number of nitro benzene ring substituents is 1. The van der Waals surface area contributed by atoms with Crippen LogP contribution in [0.1, 0.15) is 32.6 Å². The van der Waals surface area contributed by atoms with Crippen LogP contribution in [0.15, 0.2) is 18.2 Å². The van der Waals surface area contributed by atoms with Gasteiger partial charge in [0, 0.05) is 18.7 Å². The van der Waals surface area contributed by atoms with E-state index in [1.54, 1.807) is 0 Å². The van der Waals surface area contributed by atoms with Gasteiger partial charge in [0.2, 0.25) is 0 Å². The van der Waals surface area contributed by atoms with Crippen LogP contribution < -0.4 is 4.90 Å². The zero-order valence-corrected chi connectivity index (χ0v) is 10.4. The van der Waals surface area contributed by atoms with Gasteiger partial charge < -0.3 is 4.90 Å². The predicted octanol–water partition coefficient (Wildman–Crippen LogP) is 3.50. The smallest absolute Gasteiger partial charge is 0.272 e. The Kier molecular flexibility index (Phi) is 3.79. The van der Waals surface area contributed by atoms with Crippen molar-refractivity contribution in [1.29, 1.82) is 0 Å². The molecular formula is C13H17FN2O2. The number of benzene rings is 1. The minimum atomic E-state index is -0.571. The molecule has 0 aliphatic heterocycles. The van der Waals surface area contributed by atoms with Crippen molar-refractivity contribution in [2.24, 2.45) is 0 Å². The fourth-order valence-electron chi connectivity index (χ4n) is 2.68. The average molecular weight is 252 g/mol. The number of nitro groups is 1. The Hall–Kier alpha value is -1.65. The predicted molar refractivity (Wildman–Crippen MR) is 68.3 cm³/mol. The summed E-state index contributed by atoms with van der Waals surface area (Å²) >= 11 is 0. The molecule has 4 nitrogen and oxygen atoms in total. The molecular weight excluding hydrogens is 235 g/mol. The molecule has 0 bridgehead atoms. The fraction of sp³-hybridized carbons (Fsp3) is 0.538. The zero-order chi connectivity index (χ0) is 13.1. The summed E-state index contributed by atoms with van der Waals surface area (Å²) in [6, 6.07) is 4.27. The molecule has 0 saturated heterocycles. The minimum absolute atomic E-state index is 0.196. The Morgan fingerprint density at radius 3 is 2.61 bits per heavy atom. The summed E-state index contributed by atoms with van der Waals surface area (Å²) in [6.45, 7) is 2.71. The maximum Gasteiger partial charge on any atom is 0.272 e. The molecule has 2 rings (SSSR count). The Morgan fingerprint density at radius 1 is 1.44 bits per heavy atom. The lowest BCUT2D eigenvalue weighted by atomic mass is 10.1. The van der Waals surface area contributed by atoms with Crippen molar-refractivity contribution in [3.63, 3.8) is 0 Å². The molecule has 0 heterocycles. The van der Waals surface area contributed by atoms with Gasteiger partial charge in [0.05, 0.1) is 16.7 Å². The van der Waals surface area contributed by atoms with Crippen LogP contribution in [-0.2, 0) is 0 Å². The highest BCUT2D eigenvalue weighted by atomic mass is 19.1. The molecule has 1 aliphatic carbocycles. The lowest BCUT2D eigenvalue weighted by molar-refractivity contribution is -0.385. The maximum atomic E-state index is 14.0. The summed E-state index contributed by atoms with van der Waals surface area (Å²) in [5.74, 6) is -0.502. The van der Waals surface area contributed by atoms with Crippen LogP contribution in [0.4, 0.5) is 15.8 Å². The van der Waals surface area contributed by atoms with Crippen LogP contribution in [0.2, 0.25) is 0 Å². The molecule has 0 unspecified atom stereocenters. The second-order valence-corrected chi connectivity index (χ2v) is 4.62. The van der Waals surface area contributed by atoms with E-state index in [4.69, 9.17) is 0 Å². The Labute approximate surface area is 106 Å². The maximum absolute atomic E-state index is 14.0. The molecule has 1 saturated carbocycles. The normalized spacial score (nSPS) is 15.9. The molecule has 1 aliphatic rings. The number of hydrogen-bond acceptors (Lipinski definition) is 3. The molecule has 0 aromatic heterocycles. The highest BCUT2D eigenvalue weighted by Gasteiger charge is 2.24. The van der Waals surface area contributed by atoms with E-state index in [1.165, 1.54) is 25.0 Å². The van der Waals surface area contributed by atoms with Crippen molar-refractivity contribution < 1.29 is 9.31 Å². The van der Waals surface area contributed by atoms with Crippen molar-refractivity contribution in [3.05, 3.63) is 34.1 Å². The highest BCUT2D eigenvalue weighted by Crippen LogP contribution is 2.31. The Morgan fingerprint density at radius 2 is 2.11 bits per heavy atom. The van der Waals surface area contributed by atoms with E-state index >= 15 is 0 Å². The number of rotatable bonds is 4. The summed E-state index contributed by atoms with van der Waals surface area (Å²) in [5, 5.41) is 10.6. The zero-order valence-electron chi connectivity index (χ0n) is 10.4. The van der Waals surface area contributed by atoms with Gasteiger partial charge in [-0.15, -0.1) is 0 Å². The molecule has 0 N–H and O–H groups in total. The monoisotopic (exact) mass is 252 g/mol. The van der Waals surface area contributed by atoms with Crippen LogP contribution in [0, 0.1) is 15.9 Å². The first-order valence-corrected chi connectivity index (χ1v) is 6.34. The van der Waals surface area contributed by atoms with E-state index in [0.29, 0.717) is 11.7 Å². The van der Waals surface area contributed by atoms with Gasteiger partial charge in [-0.1, -0.05) is 12.8 Å². The van der Waals surface area contributed by atoms with Gasteiger partial charge in [-0.05, 0) is 25.8 Å². The van der Waals surface area contributed by atoms with Crippen LogP contribution in [0.25, 0.3) is 0 Å². The largest absolute Gasteiger partial charge is 0.366 e. The second-order valence-electron chi connectivity index (χ2n) is 4.62. The van der Waals surface area contributed by atoms with E-state index in [9.17, 15) is 14.5 Å². The lowest BCUT2D eigenvalue weighted by Gasteiger charge is -2.30. The van der Waals surface area contributed by atoms with Crippen molar-refractivity contribution in [3.8, 4) is 0 Å². The van der Waals surface area contributed by atoms with E-state index in [1.807, 2.05) is 11.8 Å².